The van der Waals surface area contributed by atoms with Crippen LogP contribution in [0.15, 0.2) is 46.9 Å². The van der Waals surface area contributed by atoms with Crippen LogP contribution >= 0.6 is 15.9 Å². The van der Waals surface area contributed by atoms with Crippen LogP contribution < -0.4 is 15.0 Å². The normalized spacial score (nSPS) is 13.6. The first-order chi connectivity index (χ1) is 12.7. The molecule has 0 saturated carbocycles. The van der Waals surface area contributed by atoms with E-state index in [-0.39, 0.29) is 12.5 Å². The highest BCUT2D eigenvalue weighted by molar-refractivity contribution is 9.10. The number of hydrogen-bond donors (Lipinski definition) is 1. The summed E-state index contributed by atoms with van der Waals surface area (Å²) in [5.74, 6) is 0.460. The highest BCUT2D eigenvalue weighted by Gasteiger charge is 2.26. The third kappa shape index (κ3) is 5.01. The Kier molecular flexibility index (Phi) is 5.41. The molecule has 142 valence electrons. The maximum Gasteiger partial charge on any atom is 0.412 e. The van der Waals surface area contributed by atoms with Crippen molar-refractivity contribution in [3.8, 4) is 5.75 Å². The van der Waals surface area contributed by atoms with Gasteiger partial charge in [0, 0.05) is 10.2 Å². The monoisotopic (exact) mass is 432 g/mol. The fraction of sp³-hybridized carbons (Fsp3) is 0.300. The fourth-order valence-corrected chi connectivity index (χ4v) is 2.91. The minimum atomic E-state index is -0.592. The third-order valence-electron chi connectivity index (χ3n) is 3.80. The number of fused-ring (bicyclic) bond motifs is 1. The van der Waals surface area contributed by atoms with Crippen LogP contribution in [0.3, 0.4) is 0 Å². The molecule has 2 amide bonds. The lowest BCUT2D eigenvalue weighted by Crippen LogP contribution is -2.38. The first-order valence-corrected chi connectivity index (χ1v) is 9.32. The summed E-state index contributed by atoms with van der Waals surface area (Å²) >= 11 is 3.41. The van der Waals surface area contributed by atoms with Crippen LogP contribution in [0.2, 0.25) is 0 Å². The Morgan fingerprint density at radius 2 is 1.93 bits per heavy atom. The Balaban J connectivity index is 1.83. The van der Waals surface area contributed by atoms with Gasteiger partial charge in [0.05, 0.1) is 12.2 Å². The first kappa shape index (κ1) is 19.2. The van der Waals surface area contributed by atoms with Crippen molar-refractivity contribution in [2.75, 3.05) is 16.8 Å². The molecule has 0 bridgehead atoms. The van der Waals surface area contributed by atoms with Gasteiger partial charge in [-0.25, -0.2) is 4.79 Å². The average Bonchev–Trinajstić information content (AvgIpc) is 2.57. The molecule has 0 aliphatic carbocycles. The standard InChI is InChI=1S/C20H21BrN2O4/c1-20(2,3)27-19(25)22-15-8-9-17-16(10-15)23(18(24)12-26-17)11-13-4-6-14(21)7-5-13/h4-10H,11-12H2,1-3H3,(H,22,25). The van der Waals surface area contributed by atoms with Gasteiger partial charge in [0.25, 0.3) is 5.91 Å². The number of amides is 2. The van der Waals surface area contributed by atoms with Crippen LogP contribution in [-0.4, -0.2) is 24.2 Å². The molecule has 0 aromatic heterocycles. The Bertz CT molecular complexity index is 859. The number of anilines is 2. The van der Waals surface area contributed by atoms with E-state index in [0.29, 0.717) is 23.7 Å². The maximum absolute atomic E-state index is 12.4. The molecule has 3 rings (SSSR count). The van der Waals surface area contributed by atoms with Crippen LogP contribution in [0.25, 0.3) is 0 Å². The average molecular weight is 433 g/mol. The molecule has 27 heavy (non-hydrogen) atoms. The van der Waals surface area contributed by atoms with Crippen molar-refractivity contribution < 1.29 is 19.1 Å². The smallest absolute Gasteiger partial charge is 0.412 e. The van der Waals surface area contributed by atoms with E-state index < -0.39 is 11.7 Å². The molecule has 1 N–H and O–H groups in total. The summed E-state index contributed by atoms with van der Waals surface area (Å²) in [6, 6.07) is 12.9. The zero-order valence-corrected chi connectivity index (χ0v) is 17.0. The summed E-state index contributed by atoms with van der Waals surface area (Å²) < 4.78 is 11.8. The second-order valence-electron chi connectivity index (χ2n) is 7.20. The van der Waals surface area contributed by atoms with E-state index in [1.54, 1.807) is 43.9 Å². The van der Waals surface area contributed by atoms with Crippen molar-refractivity contribution in [3.05, 3.63) is 52.5 Å². The maximum atomic E-state index is 12.4. The lowest BCUT2D eigenvalue weighted by atomic mass is 10.1. The molecule has 0 saturated heterocycles. The van der Waals surface area contributed by atoms with E-state index in [0.717, 1.165) is 10.0 Å². The van der Waals surface area contributed by atoms with E-state index >= 15 is 0 Å². The van der Waals surface area contributed by atoms with Crippen LogP contribution in [0.5, 0.6) is 5.75 Å². The number of ether oxygens (including phenoxy) is 2. The summed E-state index contributed by atoms with van der Waals surface area (Å²) in [7, 11) is 0. The Hall–Kier alpha value is -2.54. The minimum absolute atomic E-state index is 0.0115. The lowest BCUT2D eigenvalue weighted by Gasteiger charge is -2.30. The molecule has 2 aromatic rings. The molecule has 0 fully saturated rings. The van der Waals surface area contributed by atoms with Gasteiger partial charge in [-0.1, -0.05) is 28.1 Å². The summed E-state index contributed by atoms with van der Waals surface area (Å²) in [4.78, 5) is 26.1. The molecule has 0 atom stereocenters. The summed E-state index contributed by atoms with van der Waals surface area (Å²) in [5, 5.41) is 2.69. The van der Waals surface area contributed by atoms with Crippen molar-refractivity contribution in [2.24, 2.45) is 0 Å². The van der Waals surface area contributed by atoms with Gasteiger partial charge in [-0.05, 0) is 56.7 Å². The highest BCUT2D eigenvalue weighted by Crippen LogP contribution is 2.35. The molecule has 7 heteroatoms. The summed E-state index contributed by atoms with van der Waals surface area (Å²) in [5.41, 5.74) is 1.54. The zero-order valence-electron chi connectivity index (χ0n) is 15.4. The Morgan fingerprint density at radius 1 is 1.22 bits per heavy atom. The van der Waals surface area contributed by atoms with Crippen molar-refractivity contribution in [1.82, 2.24) is 0 Å². The second kappa shape index (κ2) is 7.60. The molecular formula is C20H21BrN2O4. The van der Waals surface area contributed by atoms with Crippen molar-refractivity contribution in [1.29, 1.82) is 0 Å². The van der Waals surface area contributed by atoms with Gasteiger partial charge < -0.3 is 14.4 Å². The number of nitrogens with zero attached hydrogens (tertiary/aromatic N) is 1. The molecule has 1 aliphatic rings. The van der Waals surface area contributed by atoms with Crippen LogP contribution in [0.1, 0.15) is 26.3 Å². The molecule has 1 heterocycles. The largest absolute Gasteiger partial charge is 0.482 e. The quantitative estimate of drug-likeness (QED) is 0.761. The molecule has 0 spiro atoms. The zero-order chi connectivity index (χ0) is 19.6. The van der Waals surface area contributed by atoms with Gasteiger partial charge in [0.2, 0.25) is 0 Å². The lowest BCUT2D eigenvalue weighted by molar-refractivity contribution is -0.121. The first-order valence-electron chi connectivity index (χ1n) is 8.53. The molecular weight excluding hydrogens is 412 g/mol. The SMILES string of the molecule is CC(C)(C)OC(=O)Nc1ccc2c(c1)N(Cc1ccc(Br)cc1)C(=O)CO2. The summed E-state index contributed by atoms with van der Waals surface area (Å²) in [6.07, 6.45) is -0.551. The molecule has 1 aliphatic heterocycles. The highest BCUT2D eigenvalue weighted by atomic mass is 79.9. The third-order valence-corrected chi connectivity index (χ3v) is 4.33. The topological polar surface area (TPSA) is 67.9 Å². The predicted molar refractivity (Wildman–Crippen MR) is 107 cm³/mol. The van der Waals surface area contributed by atoms with Gasteiger partial charge in [-0.2, -0.15) is 0 Å². The number of hydrogen-bond acceptors (Lipinski definition) is 4. The van der Waals surface area contributed by atoms with Gasteiger partial charge in [0.1, 0.15) is 11.4 Å². The number of carbonyl (C=O) groups excluding carboxylic acids is 2. The Labute approximate surface area is 166 Å². The van der Waals surface area contributed by atoms with Crippen molar-refractivity contribution >= 4 is 39.3 Å². The van der Waals surface area contributed by atoms with Crippen LogP contribution in [-0.2, 0) is 16.1 Å². The van der Waals surface area contributed by atoms with Gasteiger partial charge in [-0.3, -0.25) is 10.1 Å². The van der Waals surface area contributed by atoms with Crippen LogP contribution in [0.4, 0.5) is 16.2 Å². The Morgan fingerprint density at radius 3 is 2.59 bits per heavy atom. The van der Waals surface area contributed by atoms with Crippen molar-refractivity contribution in [3.63, 3.8) is 0 Å². The molecule has 0 radical (unpaired) electrons. The van der Waals surface area contributed by atoms with E-state index in [1.807, 2.05) is 24.3 Å². The molecule has 6 nitrogen and oxygen atoms in total. The molecule has 0 unspecified atom stereocenters. The van der Waals surface area contributed by atoms with E-state index in [9.17, 15) is 9.59 Å². The number of carbonyl (C=O) groups is 2. The second-order valence-corrected chi connectivity index (χ2v) is 8.12. The summed E-state index contributed by atoms with van der Waals surface area (Å²) in [6.45, 7) is 5.80. The van der Waals surface area contributed by atoms with Gasteiger partial charge in [-0.15, -0.1) is 0 Å². The van der Waals surface area contributed by atoms with Crippen molar-refractivity contribution in [2.45, 2.75) is 32.9 Å². The van der Waals surface area contributed by atoms with E-state index in [1.165, 1.54) is 0 Å². The van der Waals surface area contributed by atoms with Gasteiger partial charge in [0.15, 0.2) is 6.61 Å². The minimum Gasteiger partial charge on any atom is -0.482 e. The van der Waals surface area contributed by atoms with E-state index in [2.05, 4.69) is 21.2 Å². The predicted octanol–water partition coefficient (Wildman–Crippen LogP) is 4.72. The van der Waals surface area contributed by atoms with Crippen LogP contribution in [0, 0.1) is 0 Å². The van der Waals surface area contributed by atoms with Gasteiger partial charge >= 0.3 is 6.09 Å². The number of benzene rings is 2. The van der Waals surface area contributed by atoms with E-state index in [4.69, 9.17) is 9.47 Å². The number of halogens is 1. The fourth-order valence-electron chi connectivity index (χ4n) is 2.65. The number of rotatable bonds is 3. The number of nitrogens with one attached hydrogen (secondary N) is 1. The molecule has 2 aromatic carbocycles.